The molecule has 5 nitrogen and oxygen atoms in total. The third kappa shape index (κ3) is 4.04. The molecule has 1 aliphatic heterocycles. The molecule has 0 bridgehead atoms. The Morgan fingerprint density at radius 3 is 2.81 bits per heavy atom. The first-order valence-corrected chi connectivity index (χ1v) is 7.14. The number of nitrogens with zero attached hydrogens (tertiary/aromatic N) is 1. The maximum absolute atomic E-state index is 11.9. The van der Waals surface area contributed by atoms with Crippen molar-refractivity contribution >= 4 is 11.9 Å². The van der Waals surface area contributed by atoms with Crippen molar-refractivity contribution in [1.29, 1.82) is 0 Å². The van der Waals surface area contributed by atoms with E-state index in [0.29, 0.717) is 19.5 Å². The minimum atomic E-state index is -0.299. The highest BCUT2D eigenvalue weighted by molar-refractivity contribution is 5.77. The Balaban J connectivity index is 2.10. The van der Waals surface area contributed by atoms with Gasteiger partial charge in [0.05, 0.1) is 7.11 Å². The summed E-state index contributed by atoms with van der Waals surface area (Å²) < 4.78 is 4.89. The van der Waals surface area contributed by atoms with Crippen molar-refractivity contribution in [1.82, 2.24) is 10.2 Å². The number of ether oxygens (including phenoxy) is 1. The summed E-state index contributed by atoms with van der Waals surface area (Å²) in [6.45, 7) is 4.88. The highest BCUT2D eigenvalue weighted by Crippen LogP contribution is 2.22. The zero-order chi connectivity index (χ0) is 15.4. The van der Waals surface area contributed by atoms with E-state index in [1.807, 2.05) is 25.1 Å². The Kier molecular flexibility index (Phi) is 4.96. The summed E-state index contributed by atoms with van der Waals surface area (Å²) in [6.07, 6.45) is 0.595. The minimum Gasteiger partial charge on any atom is -0.468 e. The maximum atomic E-state index is 11.9. The topological polar surface area (TPSA) is 58.6 Å². The van der Waals surface area contributed by atoms with Crippen molar-refractivity contribution in [2.24, 2.45) is 0 Å². The number of carbonyl (C=O) groups is 2. The summed E-state index contributed by atoms with van der Waals surface area (Å²) >= 11 is 0. The number of likely N-dealkylation sites (tertiary alicyclic amines) is 1. The average Bonchev–Trinajstić information content (AvgIpc) is 2.79. The number of hydrogen-bond donors (Lipinski definition) is 1. The predicted octanol–water partition coefficient (Wildman–Crippen LogP) is 1.25. The first-order chi connectivity index (χ1) is 9.99. The Morgan fingerprint density at radius 2 is 2.19 bits per heavy atom. The van der Waals surface area contributed by atoms with Gasteiger partial charge < -0.3 is 10.1 Å². The Labute approximate surface area is 125 Å². The van der Waals surface area contributed by atoms with Gasteiger partial charge in [0.1, 0.15) is 6.04 Å². The van der Waals surface area contributed by atoms with Crippen LogP contribution in [0.2, 0.25) is 0 Å². The van der Waals surface area contributed by atoms with Gasteiger partial charge in [0.25, 0.3) is 0 Å². The monoisotopic (exact) mass is 290 g/mol. The number of aryl methyl sites for hydroxylation is 1. The number of hydrogen-bond acceptors (Lipinski definition) is 4. The van der Waals surface area contributed by atoms with Crippen molar-refractivity contribution < 1.29 is 14.3 Å². The number of rotatable bonds is 4. The van der Waals surface area contributed by atoms with Gasteiger partial charge in [-0.25, -0.2) is 0 Å². The Morgan fingerprint density at radius 1 is 1.43 bits per heavy atom. The molecule has 0 saturated carbocycles. The summed E-state index contributed by atoms with van der Waals surface area (Å²) in [5, 5.41) is 2.89. The number of methoxy groups -OCH3 is 1. The largest absolute Gasteiger partial charge is 0.468 e. The van der Waals surface area contributed by atoms with E-state index < -0.39 is 0 Å². The van der Waals surface area contributed by atoms with Crippen LogP contribution in [0.25, 0.3) is 0 Å². The van der Waals surface area contributed by atoms with E-state index in [2.05, 4.69) is 16.3 Å². The van der Waals surface area contributed by atoms with Crippen LogP contribution in [0.15, 0.2) is 24.3 Å². The molecule has 21 heavy (non-hydrogen) atoms. The van der Waals surface area contributed by atoms with Gasteiger partial charge in [0.15, 0.2) is 0 Å². The van der Waals surface area contributed by atoms with Gasteiger partial charge in [-0.15, -0.1) is 0 Å². The van der Waals surface area contributed by atoms with Crippen LogP contribution < -0.4 is 5.32 Å². The number of carbonyl (C=O) groups excluding carboxylic acids is 2. The maximum Gasteiger partial charge on any atom is 0.323 e. The van der Waals surface area contributed by atoms with Crippen LogP contribution in [0.4, 0.5) is 0 Å². The van der Waals surface area contributed by atoms with E-state index in [9.17, 15) is 9.59 Å². The summed E-state index contributed by atoms with van der Waals surface area (Å²) in [5.74, 6) is -0.309. The molecule has 1 heterocycles. The SMILES string of the molecule is COC(=O)[C@@H]1C[C@H](NC(C)=O)CN1Cc1cccc(C)c1. The molecule has 0 spiro atoms. The molecule has 0 radical (unpaired) electrons. The Bertz CT molecular complexity index is 530. The molecule has 1 aliphatic rings. The van der Waals surface area contributed by atoms with E-state index in [0.717, 1.165) is 5.56 Å². The fourth-order valence-electron chi connectivity index (χ4n) is 2.90. The third-order valence-electron chi connectivity index (χ3n) is 3.75. The van der Waals surface area contributed by atoms with E-state index in [-0.39, 0.29) is 24.0 Å². The number of esters is 1. The summed E-state index contributed by atoms with van der Waals surface area (Å²) in [7, 11) is 1.40. The molecule has 1 saturated heterocycles. The highest BCUT2D eigenvalue weighted by Gasteiger charge is 2.37. The zero-order valence-electron chi connectivity index (χ0n) is 12.8. The average molecular weight is 290 g/mol. The van der Waals surface area contributed by atoms with E-state index >= 15 is 0 Å². The lowest BCUT2D eigenvalue weighted by Gasteiger charge is -2.22. The van der Waals surface area contributed by atoms with E-state index in [1.54, 1.807) is 0 Å². The van der Waals surface area contributed by atoms with Crippen molar-refractivity contribution in [3.05, 3.63) is 35.4 Å². The molecule has 114 valence electrons. The second kappa shape index (κ2) is 6.72. The molecule has 0 aliphatic carbocycles. The lowest BCUT2D eigenvalue weighted by atomic mass is 10.1. The molecular weight excluding hydrogens is 268 g/mol. The zero-order valence-corrected chi connectivity index (χ0v) is 12.8. The van der Waals surface area contributed by atoms with Crippen LogP contribution in [0.5, 0.6) is 0 Å². The van der Waals surface area contributed by atoms with Crippen LogP contribution in [-0.4, -0.2) is 42.5 Å². The van der Waals surface area contributed by atoms with Crippen molar-refractivity contribution in [2.75, 3.05) is 13.7 Å². The molecular formula is C16H22N2O3. The third-order valence-corrected chi connectivity index (χ3v) is 3.75. The van der Waals surface area contributed by atoms with E-state index in [4.69, 9.17) is 4.74 Å². The molecule has 0 aromatic heterocycles. The molecule has 1 amide bonds. The highest BCUT2D eigenvalue weighted by atomic mass is 16.5. The van der Waals surface area contributed by atoms with Gasteiger partial charge >= 0.3 is 5.97 Å². The second-order valence-corrected chi connectivity index (χ2v) is 5.59. The van der Waals surface area contributed by atoms with Crippen LogP contribution in [0, 0.1) is 6.92 Å². The van der Waals surface area contributed by atoms with Gasteiger partial charge in [0, 0.05) is 26.1 Å². The van der Waals surface area contributed by atoms with Gasteiger partial charge in [-0.1, -0.05) is 29.8 Å². The van der Waals surface area contributed by atoms with Gasteiger partial charge in [0.2, 0.25) is 5.91 Å². The van der Waals surface area contributed by atoms with Crippen molar-refractivity contribution in [3.8, 4) is 0 Å². The first-order valence-electron chi connectivity index (χ1n) is 7.14. The first kappa shape index (κ1) is 15.5. The van der Waals surface area contributed by atoms with E-state index in [1.165, 1.54) is 19.6 Å². The van der Waals surface area contributed by atoms with Crippen LogP contribution in [0.3, 0.4) is 0 Å². The van der Waals surface area contributed by atoms with Crippen LogP contribution in [0.1, 0.15) is 24.5 Å². The van der Waals surface area contributed by atoms with Gasteiger partial charge in [-0.2, -0.15) is 0 Å². The van der Waals surface area contributed by atoms with Gasteiger partial charge in [-0.3, -0.25) is 14.5 Å². The van der Waals surface area contributed by atoms with Crippen molar-refractivity contribution in [2.45, 2.75) is 38.9 Å². The molecule has 0 unspecified atom stereocenters. The fraction of sp³-hybridized carbons (Fsp3) is 0.500. The smallest absolute Gasteiger partial charge is 0.323 e. The van der Waals surface area contributed by atoms with Crippen LogP contribution >= 0.6 is 0 Å². The fourth-order valence-corrected chi connectivity index (χ4v) is 2.90. The molecule has 1 aromatic carbocycles. The predicted molar refractivity (Wildman–Crippen MR) is 79.6 cm³/mol. The molecule has 2 atom stereocenters. The number of benzene rings is 1. The summed E-state index contributed by atoms with van der Waals surface area (Å²) in [6, 6.07) is 7.92. The molecule has 1 fully saturated rings. The quantitative estimate of drug-likeness (QED) is 0.848. The standard InChI is InChI=1S/C16H22N2O3/c1-11-5-4-6-13(7-11)9-18-10-14(17-12(2)19)8-15(18)16(20)21-3/h4-7,14-15H,8-10H2,1-3H3,(H,17,19)/t14-,15-/m0/s1. The lowest BCUT2D eigenvalue weighted by Crippen LogP contribution is -2.37. The minimum absolute atomic E-state index is 0.00332. The molecule has 1 N–H and O–H groups in total. The number of nitrogens with one attached hydrogen (secondary N) is 1. The summed E-state index contributed by atoms with van der Waals surface area (Å²) in [5.41, 5.74) is 2.35. The number of amides is 1. The summed E-state index contributed by atoms with van der Waals surface area (Å²) in [4.78, 5) is 25.2. The normalized spacial score (nSPS) is 22.0. The Hall–Kier alpha value is -1.88. The second-order valence-electron chi connectivity index (χ2n) is 5.59. The van der Waals surface area contributed by atoms with Gasteiger partial charge in [-0.05, 0) is 18.9 Å². The molecule has 2 rings (SSSR count). The van der Waals surface area contributed by atoms with Crippen molar-refractivity contribution in [3.63, 3.8) is 0 Å². The molecule has 5 heteroatoms. The lowest BCUT2D eigenvalue weighted by molar-refractivity contribution is -0.146. The van der Waals surface area contributed by atoms with Crippen LogP contribution in [-0.2, 0) is 20.9 Å². The molecule has 1 aromatic rings.